The molecule has 96 valence electrons. The fourth-order valence-electron chi connectivity index (χ4n) is 1.09. The van der Waals surface area contributed by atoms with E-state index in [0.717, 1.165) is 12.5 Å². The zero-order chi connectivity index (χ0) is 13.1. The van der Waals surface area contributed by atoms with E-state index < -0.39 is 11.9 Å². The highest BCUT2D eigenvalue weighted by atomic mass is 19.4. The number of rotatable bonds is 4. The number of hydrogen-bond acceptors (Lipinski definition) is 5. The number of halogens is 3. The minimum atomic E-state index is -4.53. The quantitative estimate of drug-likeness (QED) is 0.562. The van der Waals surface area contributed by atoms with Crippen molar-refractivity contribution in [3.8, 4) is 0 Å². The lowest BCUT2D eigenvalue weighted by atomic mass is 10.2. The van der Waals surface area contributed by atoms with Gasteiger partial charge in [0.2, 0.25) is 5.95 Å². The average Bonchev–Trinajstić information content (AvgIpc) is 2.27. The van der Waals surface area contributed by atoms with Crippen molar-refractivity contribution in [1.82, 2.24) is 9.97 Å². The molecule has 1 heterocycles. The van der Waals surface area contributed by atoms with Crippen LogP contribution in [-0.4, -0.2) is 16.0 Å². The standard InChI is InChI=1S/C9H14F3N5/c1-3-5(2)14-7-4-6(9(10,11)12)15-8(16-7)17-13/h4-5H,3,13H2,1-2H3,(H2,14,15,16,17). The Morgan fingerprint density at radius 3 is 2.53 bits per heavy atom. The first-order valence-corrected chi connectivity index (χ1v) is 5.06. The van der Waals surface area contributed by atoms with E-state index in [9.17, 15) is 13.2 Å². The van der Waals surface area contributed by atoms with Crippen LogP contribution in [0.3, 0.4) is 0 Å². The van der Waals surface area contributed by atoms with Gasteiger partial charge < -0.3 is 5.32 Å². The first-order valence-electron chi connectivity index (χ1n) is 5.06. The van der Waals surface area contributed by atoms with Gasteiger partial charge in [-0.05, 0) is 13.3 Å². The van der Waals surface area contributed by atoms with Crippen molar-refractivity contribution in [3.63, 3.8) is 0 Å². The number of nitrogens with two attached hydrogens (primary N) is 1. The molecule has 0 aliphatic carbocycles. The minimum Gasteiger partial charge on any atom is -0.367 e. The van der Waals surface area contributed by atoms with Crippen LogP contribution >= 0.6 is 0 Å². The van der Waals surface area contributed by atoms with Crippen LogP contribution in [0.5, 0.6) is 0 Å². The van der Waals surface area contributed by atoms with E-state index in [0.29, 0.717) is 0 Å². The Morgan fingerprint density at radius 1 is 1.41 bits per heavy atom. The summed E-state index contributed by atoms with van der Waals surface area (Å²) in [5.74, 6) is 4.84. The smallest absolute Gasteiger partial charge is 0.367 e. The molecule has 1 unspecified atom stereocenters. The molecule has 8 heteroatoms. The third kappa shape index (κ3) is 3.74. The van der Waals surface area contributed by atoms with Crippen molar-refractivity contribution >= 4 is 11.8 Å². The van der Waals surface area contributed by atoms with Gasteiger partial charge >= 0.3 is 6.18 Å². The second-order valence-electron chi connectivity index (χ2n) is 3.56. The molecule has 0 saturated heterocycles. The van der Waals surface area contributed by atoms with Gasteiger partial charge in [0, 0.05) is 12.1 Å². The summed E-state index contributed by atoms with van der Waals surface area (Å²) in [6.45, 7) is 3.75. The van der Waals surface area contributed by atoms with E-state index in [1.54, 1.807) is 0 Å². The molecular formula is C9H14F3N5. The molecule has 0 bridgehead atoms. The molecule has 4 N–H and O–H groups in total. The zero-order valence-corrected chi connectivity index (χ0v) is 9.47. The first-order chi connectivity index (χ1) is 7.86. The van der Waals surface area contributed by atoms with Gasteiger partial charge in [0.05, 0.1) is 0 Å². The molecule has 1 aromatic rings. The normalized spacial score (nSPS) is 13.3. The number of nitrogens with one attached hydrogen (secondary N) is 2. The second-order valence-corrected chi connectivity index (χ2v) is 3.56. The molecule has 0 aliphatic heterocycles. The number of alkyl halides is 3. The van der Waals surface area contributed by atoms with Crippen LogP contribution in [0.25, 0.3) is 0 Å². The van der Waals surface area contributed by atoms with E-state index in [1.807, 2.05) is 19.3 Å². The van der Waals surface area contributed by atoms with E-state index in [2.05, 4.69) is 15.3 Å². The summed E-state index contributed by atoms with van der Waals surface area (Å²) in [6.07, 6.45) is -3.77. The van der Waals surface area contributed by atoms with Crippen molar-refractivity contribution in [2.45, 2.75) is 32.5 Å². The van der Waals surface area contributed by atoms with Crippen LogP contribution in [0.15, 0.2) is 6.07 Å². The molecule has 0 saturated carbocycles. The summed E-state index contributed by atoms with van der Waals surface area (Å²) in [7, 11) is 0. The van der Waals surface area contributed by atoms with Crippen LogP contribution in [-0.2, 0) is 6.18 Å². The van der Waals surface area contributed by atoms with Gasteiger partial charge in [0.1, 0.15) is 5.82 Å². The predicted molar refractivity (Wildman–Crippen MR) is 58.2 cm³/mol. The number of nitrogens with zero attached hydrogens (tertiary/aromatic N) is 2. The number of hydrogen-bond donors (Lipinski definition) is 3. The van der Waals surface area contributed by atoms with Crippen molar-refractivity contribution < 1.29 is 13.2 Å². The average molecular weight is 249 g/mol. The highest BCUT2D eigenvalue weighted by Gasteiger charge is 2.33. The molecule has 0 aliphatic rings. The monoisotopic (exact) mass is 249 g/mol. The maximum atomic E-state index is 12.5. The molecule has 0 radical (unpaired) electrons. The van der Waals surface area contributed by atoms with Gasteiger partial charge in [0.25, 0.3) is 0 Å². The third-order valence-corrected chi connectivity index (χ3v) is 2.15. The maximum Gasteiger partial charge on any atom is 0.433 e. The third-order valence-electron chi connectivity index (χ3n) is 2.15. The molecule has 0 amide bonds. The van der Waals surface area contributed by atoms with Gasteiger partial charge in [-0.2, -0.15) is 18.2 Å². The van der Waals surface area contributed by atoms with Crippen LogP contribution in [0.1, 0.15) is 26.0 Å². The highest BCUT2D eigenvalue weighted by Crippen LogP contribution is 2.29. The lowest BCUT2D eigenvalue weighted by molar-refractivity contribution is -0.141. The molecule has 1 aromatic heterocycles. The Morgan fingerprint density at radius 2 is 2.06 bits per heavy atom. The first kappa shape index (κ1) is 13.5. The number of aromatic nitrogens is 2. The zero-order valence-electron chi connectivity index (χ0n) is 9.47. The fraction of sp³-hybridized carbons (Fsp3) is 0.556. The number of hydrazine groups is 1. The minimum absolute atomic E-state index is 0.0107. The summed E-state index contributed by atoms with van der Waals surface area (Å²) in [5.41, 5.74) is 0.973. The van der Waals surface area contributed by atoms with Gasteiger partial charge in [-0.3, -0.25) is 5.43 Å². The molecule has 5 nitrogen and oxygen atoms in total. The number of nitrogen functional groups attached to an aromatic ring is 1. The van der Waals surface area contributed by atoms with Crippen LogP contribution < -0.4 is 16.6 Å². The summed E-state index contributed by atoms with van der Waals surface area (Å²) < 4.78 is 37.6. The van der Waals surface area contributed by atoms with Crippen molar-refractivity contribution in [1.29, 1.82) is 0 Å². The van der Waals surface area contributed by atoms with Crippen molar-refractivity contribution in [2.24, 2.45) is 5.84 Å². The van der Waals surface area contributed by atoms with Crippen molar-refractivity contribution in [3.05, 3.63) is 11.8 Å². The summed E-state index contributed by atoms with van der Waals surface area (Å²) in [4.78, 5) is 7.04. The molecule has 1 rings (SSSR count). The Hall–Kier alpha value is -1.57. The van der Waals surface area contributed by atoms with Crippen LogP contribution in [0, 0.1) is 0 Å². The largest absolute Gasteiger partial charge is 0.433 e. The van der Waals surface area contributed by atoms with E-state index in [-0.39, 0.29) is 17.8 Å². The predicted octanol–water partition coefficient (Wildman–Crippen LogP) is 1.99. The Kier molecular flexibility index (Phi) is 4.11. The topological polar surface area (TPSA) is 75.9 Å². The van der Waals surface area contributed by atoms with Gasteiger partial charge in [-0.1, -0.05) is 6.92 Å². The molecule has 1 atom stereocenters. The highest BCUT2D eigenvalue weighted by molar-refractivity contribution is 5.43. The Labute approximate surface area is 96.6 Å². The van der Waals surface area contributed by atoms with Gasteiger partial charge in [-0.25, -0.2) is 10.8 Å². The SMILES string of the molecule is CCC(C)Nc1cc(C(F)(F)F)nc(NN)n1. The molecular weight excluding hydrogens is 235 g/mol. The second kappa shape index (κ2) is 5.17. The Bertz CT molecular complexity index is 379. The lowest BCUT2D eigenvalue weighted by Gasteiger charge is -2.14. The van der Waals surface area contributed by atoms with Crippen LogP contribution in [0.4, 0.5) is 24.9 Å². The molecule has 0 fully saturated rings. The van der Waals surface area contributed by atoms with Crippen LogP contribution in [0.2, 0.25) is 0 Å². The van der Waals surface area contributed by atoms with E-state index in [4.69, 9.17) is 5.84 Å². The molecule has 0 aromatic carbocycles. The summed E-state index contributed by atoms with van der Waals surface area (Å²) in [6, 6.07) is 0.865. The number of anilines is 2. The Balaban J connectivity index is 3.05. The van der Waals surface area contributed by atoms with Gasteiger partial charge in [0.15, 0.2) is 5.69 Å². The van der Waals surface area contributed by atoms with Gasteiger partial charge in [-0.15, -0.1) is 0 Å². The lowest BCUT2D eigenvalue weighted by Crippen LogP contribution is -2.19. The van der Waals surface area contributed by atoms with Crippen molar-refractivity contribution in [2.75, 3.05) is 10.7 Å². The molecule has 17 heavy (non-hydrogen) atoms. The van der Waals surface area contributed by atoms with E-state index in [1.165, 1.54) is 0 Å². The summed E-state index contributed by atoms with van der Waals surface area (Å²) >= 11 is 0. The molecule has 0 spiro atoms. The summed E-state index contributed by atoms with van der Waals surface area (Å²) in [5, 5.41) is 2.83. The van der Waals surface area contributed by atoms with E-state index >= 15 is 0 Å². The fourth-order valence-corrected chi connectivity index (χ4v) is 1.09. The maximum absolute atomic E-state index is 12.5.